The lowest BCUT2D eigenvalue weighted by Crippen LogP contribution is -2.29. The Bertz CT molecular complexity index is 365. The third kappa shape index (κ3) is 0.862. The SMILES string of the molecule is Cc1nnc(C)c2c1=CCC=2. The highest BCUT2D eigenvalue weighted by atomic mass is 15.1. The Labute approximate surface area is 65.3 Å². The maximum absolute atomic E-state index is 4.05. The van der Waals surface area contributed by atoms with Crippen molar-refractivity contribution in [2.75, 3.05) is 0 Å². The fourth-order valence-electron chi connectivity index (χ4n) is 1.46. The second-order valence-corrected chi connectivity index (χ2v) is 2.84. The van der Waals surface area contributed by atoms with Gasteiger partial charge in [0.2, 0.25) is 0 Å². The zero-order chi connectivity index (χ0) is 7.84. The van der Waals surface area contributed by atoms with Crippen molar-refractivity contribution >= 4 is 12.2 Å². The minimum absolute atomic E-state index is 1.03. The van der Waals surface area contributed by atoms with Crippen LogP contribution in [0.25, 0.3) is 12.2 Å². The van der Waals surface area contributed by atoms with Gasteiger partial charge >= 0.3 is 0 Å². The fraction of sp³-hybridized carbons (Fsp3) is 0.333. The standard InChI is InChI=1S/C9H10N2/c1-6-8-4-3-5-9(8)7(2)11-10-6/h4-5H,3H2,1-2H3. The van der Waals surface area contributed by atoms with Crippen molar-refractivity contribution in [3.05, 3.63) is 21.8 Å². The van der Waals surface area contributed by atoms with Crippen molar-refractivity contribution in [1.82, 2.24) is 10.2 Å². The Morgan fingerprint density at radius 3 is 1.91 bits per heavy atom. The van der Waals surface area contributed by atoms with E-state index in [4.69, 9.17) is 0 Å². The van der Waals surface area contributed by atoms with Crippen molar-refractivity contribution in [1.29, 1.82) is 0 Å². The molecule has 0 aliphatic heterocycles. The van der Waals surface area contributed by atoms with E-state index in [0.29, 0.717) is 0 Å². The van der Waals surface area contributed by atoms with Crippen molar-refractivity contribution in [2.45, 2.75) is 20.3 Å². The summed E-state index contributed by atoms with van der Waals surface area (Å²) in [6.45, 7) is 4.00. The molecule has 2 nitrogen and oxygen atoms in total. The Morgan fingerprint density at radius 1 is 1.00 bits per heavy atom. The molecule has 1 heterocycles. The van der Waals surface area contributed by atoms with Crippen molar-refractivity contribution in [3.8, 4) is 0 Å². The first-order chi connectivity index (χ1) is 5.29. The molecule has 0 saturated heterocycles. The molecule has 0 aromatic carbocycles. The van der Waals surface area contributed by atoms with Gasteiger partial charge in [-0.3, -0.25) is 0 Å². The maximum atomic E-state index is 4.05. The Morgan fingerprint density at radius 2 is 1.45 bits per heavy atom. The predicted octanol–water partition coefficient (Wildman–Crippen LogP) is 0.0581. The molecule has 0 N–H and O–H groups in total. The topological polar surface area (TPSA) is 25.8 Å². The molecule has 1 aliphatic rings. The average molecular weight is 146 g/mol. The summed E-state index contributed by atoms with van der Waals surface area (Å²) in [7, 11) is 0. The quantitative estimate of drug-likeness (QED) is 0.517. The van der Waals surface area contributed by atoms with Crippen LogP contribution in [0.5, 0.6) is 0 Å². The zero-order valence-electron chi connectivity index (χ0n) is 6.76. The van der Waals surface area contributed by atoms with E-state index < -0.39 is 0 Å². The number of nitrogens with zero attached hydrogens (tertiary/aromatic N) is 2. The van der Waals surface area contributed by atoms with Crippen LogP contribution in [0, 0.1) is 13.8 Å². The molecule has 11 heavy (non-hydrogen) atoms. The lowest BCUT2D eigenvalue weighted by atomic mass is 10.2. The van der Waals surface area contributed by atoms with Gasteiger partial charge in [0.25, 0.3) is 0 Å². The first kappa shape index (κ1) is 6.53. The fourth-order valence-corrected chi connectivity index (χ4v) is 1.46. The van der Waals surface area contributed by atoms with Gasteiger partial charge in [0.1, 0.15) is 0 Å². The van der Waals surface area contributed by atoms with Crippen LogP contribution in [-0.4, -0.2) is 10.2 Å². The van der Waals surface area contributed by atoms with E-state index in [0.717, 1.165) is 17.8 Å². The van der Waals surface area contributed by atoms with Gasteiger partial charge in [0.15, 0.2) is 0 Å². The Hall–Kier alpha value is -1.18. The maximum Gasteiger partial charge on any atom is 0.0675 e. The van der Waals surface area contributed by atoms with Gasteiger partial charge in [-0.1, -0.05) is 12.2 Å². The summed E-state index contributed by atoms with van der Waals surface area (Å²) in [6, 6.07) is 0. The van der Waals surface area contributed by atoms with E-state index in [1.54, 1.807) is 0 Å². The average Bonchev–Trinajstić information content (AvgIpc) is 2.45. The number of hydrogen-bond acceptors (Lipinski definition) is 2. The Balaban J connectivity index is 2.98. The minimum Gasteiger partial charge on any atom is -0.155 e. The van der Waals surface area contributed by atoms with Crippen LogP contribution in [0.1, 0.15) is 17.8 Å². The van der Waals surface area contributed by atoms with Crippen LogP contribution in [0.2, 0.25) is 0 Å². The van der Waals surface area contributed by atoms with E-state index >= 15 is 0 Å². The molecular weight excluding hydrogens is 136 g/mol. The summed E-state index contributed by atoms with van der Waals surface area (Å²) in [6.07, 6.45) is 5.43. The molecule has 1 aliphatic carbocycles. The molecule has 0 amide bonds. The van der Waals surface area contributed by atoms with Gasteiger partial charge in [-0.25, -0.2) is 0 Å². The summed E-state index contributed by atoms with van der Waals surface area (Å²) in [5, 5.41) is 10.6. The van der Waals surface area contributed by atoms with Crippen molar-refractivity contribution in [2.24, 2.45) is 0 Å². The first-order valence-corrected chi connectivity index (χ1v) is 3.79. The molecule has 56 valence electrons. The largest absolute Gasteiger partial charge is 0.155 e. The molecule has 0 atom stereocenters. The smallest absolute Gasteiger partial charge is 0.0675 e. The molecule has 0 unspecified atom stereocenters. The van der Waals surface area contributed by atoms with Crippen LogP contribution in [-0.2, 0) is 0 Å². The second-order valence-electron chi connectivity index (χ2n) is 2.84. The van der Waals surface area contributed by atoms with E-state index in [1.165, 1.54) is 10.4 Å². The highest BCUT2D eigenvalue weighted by Gasteiger charge is 2.00. The van der Waals surface area contributed by atoms with Crippen molar-refractivity contribution in [3.63, 3.8) is 0 Å². The molecule has 0 radical (unpaired) electrons. The second kappa shape index (κ2) is 2.16. The zero-order valence-corrected chi connectivity index (χ0v) is 6.76. The number of hydrogen-bond donors (Lipinski definition) is 0. The molecule has 2 rings (SSSR count). The number of aryl methyl sites for hydroxylation is 2. The summed E-state index contributed by atoms with van der Waals surface area (Å²) >= 11 is 0. The molecule has 2 heteroatoms. The van der Waals surface area contributed by atoms with Crippen LogP contribution in [0.4, 0.5) is 0 Å². The van der Waals surface area contributed by atoms with E-state index in [2.05, 4.69) is 22.3 Å². The van der Waals surface area contributed by atoms with Crippen LogP contribution in [0.3, 0.4) is 0 Å². The van der Waals surface area contributed by atoms with Gasteiger partial charge in [-0.15, -0.1) is 0 Å². The number of aromatic nitrogens is 2. The number of fused-ring (bicyclic) bond motifs is 1. The molecular formula is C9H10N2. The van der Waals surface area contributed by atoms with Gasteiger partial charge in [0.05, 0.1) is 11.4 Å². The molecule has 0 saturated carbocycles. The third-order valence-electron chi connectivity index (χ3n) is 2.06. The van der Waals surface area contributed by atoms with Crippen LogP contribution < -0.4 is 10.4 Å². The normalized spacial score (nSPS) is 13.6. The van der Waals surface area contributed by atoms with Crippen LogP contribution in [0.15, 0.2) is 0 Å². The summed E-state index contributed by atoms with van der Waals surface area (Å²) in [5.41, 5.74) is 2.08. The highest BCUT2D eigenvalue weighted by molar-refractivity contribution is 5.47. The summed E-state index contributed by atoms with van der Waals surface area (Å²) in [5.74, 6) is 0. The summed E-state index contributed by atoms with van der Waals surface area (Å²) < 4.78 is 0. The molecule has 0 spiro atoms. The monoisotopic (exact) mass is 146 g/mol. The van der Waals surface area contributed by atoms with Gasteiger partial charge in [-0.05, 0) is 20.3 Å². The molecule has 1 aromatic rings. The first-order valence-electron chi connectivity index (χ1n) is 3.79. The minimum atomic E-state index is 1.03. The van der Waals surface area contributed by atoms with Crippen molar-refractivity contribution < 1.29 is 0 Å². The third-order valence-corrected chi connectivity index (χ3v) is 2.06. The summed E-state index contributed by atoms with van der Waals surface area (Å²) in [4.78, 5) is 0. The van der Waals surface area contributed by atoms with E-state index in [-0.39, 0.29) is 0 Å². The predicted molar refractivity (Wildman–Crippen MR) is 44.3 cm³/mol. The van der Waals surface area contributed by atoms with E-state index in [9.17, 15) is 0 Å². The molecule has 0 fully saturated rings. The van der Waals surface area contributed by atoms with Crippen LogP contribution >= 0.6 is 0 Å². The molecule has 1 aromatic heterocycles. The van der Waals surface area contributed by atoms with Gasteiger partial charge in [-0.2, -0.15) is 10.2 Å². The lowest BCUT2D eigenvalue weighted by Gasteiger charge is -1.93. The Kier molecular flexibility index (Phi) is 1.28. The number of rotatable bonds is 0. The van der Waals surface area contributed by atoms with Gasteiger partial charge < -0.3 is 0 Å². The van der Waals surface area contributed by atoms with Gasteiger partial charge in [0, 0.05) is 10.4 Å². The lowest BCUT2D eigenvalue weighted by molar-refractivity contribution is 0.916. The molecule has 0 bridgehead atoms. The highest BCUT2D eigenvalue weighted by Crippen LogP contribution is 1.91. The van der Waals surface area contributed by atoms with E-state index in [1.807, 2.05) is 13.8 Å².